The highest BCUT2D eigenvalue weighted by molar-refractivity contribution is 6.03. The summed E-state index contributed by atoms with van der Waals surface area (Å²) in [6.07, 6.45) is 4.19. The molecular formula is C22H29FN6O2. The van der Waals surface area contributed by atoms with Gasteiger partial charge in [-0.15, -0.1) is 0 Å². The number of anilines is 3. The largest absolute Gasteiger partial charge is 0.463 e. The van der Waals surface area contributed by atoms with E-state index in [1.165, 1.54) is 6.07 Å². The fourth-order valence-electron chi connectivity index (χ4n) is 3.97. The molecule has 2 aliphatic rings. The van der Waals surface area contributed by atoms with E-state index < -0.39 is 0 Å². The Morgan fingerprint density at radius 1 is 1.23 bits per heavy atom. The van der Waals surface area contributed by atoms with Crippen molar-refractivity contribution in [1.29, 1.82) is 0 Å². The van der Waals surface area contributed by atoms with E-state index in [-0.39, 0.29) is 30.1 Å². The number of fused-ring (bicyclic) bond motifs is 1. The number of rotatable bonds is 8. The van der Waals surface area contributed by atoms with Crippen LogP contribution in [0.5, 0.6) is 6.01 Å². The van der Waals surface area contributed by atoms with Crippen LogP contribution in [0.4, 0.5) is 21.7 Å². The Balaban J connectivity index is 1.57. The maximum Gasteiger partial charge on any atom is 0.320 e. The van der Waals surface area contributed by atoms with E-state index in [4.69, 9.17) is 10.5 Å². The zero-order valence-corrected chi connectivity index (χ0v) is 17.9. The van der Waals surface area contributed by atoms with Crippen molar-refractivity contribution in [3.05, 3.63) is 35.1 Å². The number of benzene rings is 1. The van der Waals surface area contributed by atoms with Crippen molar-refractivity contribution in [3.63, 3.8) is 0 Å². The topological polar surface area (TPSA) is 96.6 Å². The summed E-state index contributed by atoms with van der Waals surface area (Å²) in [5, 5.41) is 2.75. The third-order valence-corrected chi connectivity index (χ3v) is 5.60. The zero-order chi connectivity index (χ0) is 21.8. The maximum absolute atomic E-state index is 14.4. The molecule has 0 spiro atoms. The number of nitrogen functional groups attached to an aromatic ring is 1. The SMILES string of the molecule is CCCCOc1nc(N)c2c(n1)N(Cc1ccc(F)c(CN3CCCC3)c1)CC(=O)N2. The second kappa shape index (κ2) is 9.47. The highest BCUT2D eigenvalue weighted by Crippen LogP contribution is 2.34. The molecule has 9 heteroatoms. The average Bonchev–Trinajstić information content (AvgIpc) is 3.25. The Morgan fingerprint density at radius 3 is 2.81 bits per heavy atom. The lowest BCUT2D eigenvalue weighted by atomic mass is 10.1. The molecule has 31 heavy (non-hydrogen) atoms. The maximum atomic E-state index is 14.4. The van der Waals surface area contributed by atoms with E-state index in [1.807, 2.05) is 11.0 Å². The van der Waals surface area contributed by atoms with Gasteiger partial charge in [-0.25, -0.2) is 4.39 Å². The van der Waals surface area contributed by atoms with Crippen molar-refractivity contribution in [2.24, 2.45) is 0 Å². The van der Waals surface area contributed by atoms with Gasteiger partial charge in [0.2, 0.25) is 5.91 Å². The highest BCUT2D eigenvalue weighted by atomic mass is 19.1. The Bertz CT molecular complexity index is 948. The minimum absolute atomic E-state index is 0.122. The molecule has 2 aromatic rings. The van der Waals surface area contributed by atoms with Crippen LogP contribution in [0.3, 0.4) is 0 Å². The molecule has 0 unspecified atom stereocenters. The predicted molar refractivity (Wildman–Crippen MR) is 117 cm³/mol. The molecule has 0 bridgehead atoms. The quantitative estimate of drug-likeness (QED) is 0.624. The third-order valence-electron chi connectivity index (χ3n) is 5.60. The van der Waals surface area contributed by atoms with Gasteiger partial charge in [-0.1, -0.05) is 19.4 Å². The summed E-state index contributed by atoms with van der Waals surface area (Å²) < 4.78 is 20.0. The van der Waals surface area contributed by atoms with Crippen molar-refractivity contribution in [2.75, 3.05) is 42.2 Å². The lowest BCUT2D eigenvalue weighted by Crippen LogP contribution is -2.39. The van der Waals surface area contributed by atoms with Gasteiger partial charge in [-0.3, -0.25) is 9.69 Å². The number of carbonyl (C=O) groups is 1. The van der Waals surface area contributed by atoms with Crippen LogP contribution in [-0.4, -0.2) is 47.0 Å². The van der Waals surface area contributed by atoms with Gasteiger partial charge in [0, 0.05) is 18.7 Å². The molecule has 0 radical (unpaired) electrons. The molecule has 0 aliphatic carbocycles. The van der Waals surface area contributed by atoms with Gasteiger partial charge in [0.25, 0.3) is 0 Å². The van der Waals surface area contributed by atoms with Gasteiger partial charge >= 0.3 is 6.01 Å². The molecule has 3 N–H and O–H groups in total. The van der Waals surface area contributed by atoms with Gasteiger partial charge in [-0.2, -0.15) is 9.97 Å². The van der Waals surface area contributed by atoms with Crippen LogP contribution in [0, 0.1) is 5.82 Å². The number of amides is 1. The first-order valence-corrected chi connectivity index (χ1v) is 10.9. The fraction of sp³-hybridized carbons (Fsp3) is 0.500. The van der Waals surface area contributed by atoms with Crippen LogP contribution >= 0.6 is 0 Å². The van der Waals surface area contributed by atoms with Crippen LogP contribution in [-0.2, 0) is 17.9 Å². The molecular weight excluding hydrogens is 399 g/mol. The van der Waals surface area contributed by atoms with E-state index in [9.17, 15) is 9.18 Å². The molecule has 1 aromatic heterocycles. The summed E-state index contributed by atoms with van der Waals surface area (Å²) in [6, 6.07) is 5.32. The molecule has 166 valence electrons. The molecule has 0 atom stereocenters. The van der Waals surface area contributed by atoms with Gasteiger partial charge in [0.05, 0.1) is 13.2 Å². The molecule has 1 aromatic carbocycles. The van der Waals surface area contributed by atoms with Crippen molar-refractivity contribution in [3.8, 4) is 6.01 Å². The third kappa shape index (κ3) is 5.04. The molecule has 1 saturated heterocycles. The second-order valence-corrected chi connectivity index (χ2v) is 8.11. The summed E-state index contributed by atoms with van der Waals surface area (Å²) in [5.41, 5.74) is 8.04. The van der Waals surface area contributed by atoms with Crippen molar-refractivity contribution < 1.29 is 13.9 Å². The van der Waals surface area contributed by atoms with E-state index >= 15 is 0 Å². The minimum Gasteiger partial charge on any atom is -0.463 e. The molecule has 8 nitrogen and oxygen atoms in total. The van der Waals surface area contributed by atoms with Gasteiger partial charge < -0.3 is 20.7 Å². The lowest BCUT2D eigenvalue weighted by Gasteiger charge is -2.30. The van der Waals surface area contributed by atoms with Gasteiger partial charge in [0.15, 0.2) is 11.6 Å². The smallest absolute Gasteiger partial charge is 0.320 e. The number of nitrogens with zero attached hydrogens (tertiary/aromatic N) is 4. The van der Waals surface area contributed by atoms with E-state index in [0.29, 0.717) is 36.8 Å². The Labute approximate surface area is 181 Å². The normalized spacial score (nSPS) is 16.3. The Hall–Kier alpha value is -2.94. The average molecular weight is 429 g/mol. The number of likely N-dealkylation sites (tertiary alicyclic amines) is 1. The lowest BCUT2D eigenvalue weighted by molar-refractivity contribution is -0.115. The summed E-state index contributed by atoms with van der Waals surface area (Å²) in [6.45, 7) is 5.69. The molecule has 0 saturated carbocycles. The molecule has 1 amide bonds. The molecule has 4 rings (SSSR count). The van der Waals surface area contributed by atoms with Crippen LogP contribution < -0.4 is 20.7 Å². The van der Waals surface area contributed by atoms with Crippen LogP contribution in [0.2, 0.25) is 0 Å². The second-order valence-electron chi connectivity index (χ2n) is 8.11. The first-order chi connectivity index (χ1) is 15.0. The van der Waals surface area contributed by atoms with E-state index in [0.717, 1.165) is 44.3 Å². The number of hydrogen-bond donors (Lipinski definition) is 2. The Kier molecular flexibility index (Phi) is 6.50. The van der Waals surface area contributed by atoms with Crippen molar-refractivity contribution >= 4 is 23.2 Å². The molecule has 3 heterocycles. The number of nitrogens with one attached hydrogen (secondary N) is 1. The number of halogens is 1. The summed E-state index contributed by atoms with van der Waals surface area (Å²) in [7, 11) is 0. The monoisotopic (exact) mass is 428 g/mol. The van der Waals surface area contributed by atoms with Crippen molar-refractivity contribution in [2.45, 2.75) is 45.7 Å². The number of unbranched alkanes of at least 4 members (excludes halogenated alkanes) is 1. The van der Waals surface area contributed by atoms with E-state index in [2.05, 4.69) is 27.1 Å². The predicted octanol–water partition coefficient (Wildman–Crippen LogP) is 2.93. The highest BCUT2D eigenvalue weighted by Gasteiger charge is 2.27. The minimum atomic E-state index is -0.203. The molecule has 2 aliphatic heterocycles. The number of hydrogen-bond acceptors (Lipinski definition) is 7. The number of carbonyl (C=O) groups excluding carboxylic acids is 1. The molecule has 1 fully saturated rings. The van der Waals surface area contributed by atoms with Gasteiger partial charge in [-0.05, 0) is 50.0 Å². The standard InChI is InChI=1S/C22H29FN6O2/c1-2-3-10-31-22-26-20(24)19-21(27-22)29(14-18(30)25-19)12-15-6-7-17(23)16(11-15)13-28-8-4-5-9-28/h6-7,11H,2-5,8-10,12-14H2,1H3,(H,25,30)(H2,24,26,27). The van der Waals surface area contributed by atoms with Crippen LogP contribution in [0.1, 0.15) is 43.7 Å². The summed E-state index contributed by atoms with van der Waals surface area (Å²) in [5.74, 6) is 0.292. The van der Waals surface area contributed by atoms with E-state index in [1.54, 1.807) is 6.07 Å². The van der Waals surface area contributed by atoms with Crippen LogP contribution in [0.15, 0.2) is 18.2 Å². The zero-order valence-electron chi connectivity index (χ0n) is 17.9. The summed E-state index contributed by atoms with van der Waals surface area (Å²) >= 11 is 0. The fourth-order valence-corrected chi connectivity index (χ4v) is 3.97. The number of nitrogens with two attached hydrogens (primary N) is 1. The first-order valence-electron chi connectivity index (χ1n) is 10.9. The summed E-state index contributed by atoms with van der Waals surface area (Å²) in [4.78, 5) is 25.0. The Morgan fingerprint density at radius 2 is 2.03 bits per heavy atom. The van der Waals surface area contributed by atoms with Crippen molar-refractivity contribution in [1.82, 2.24) is 14.9 Å². The number of aromatic nitrogens is 2. The number of ether oxygens (including phenoxy) is 1. The van der Waals surface area contributed by atoms with Gasteiger partial charge in [0.1, 0.15) is 11.5 Å². The first kappa shape index (κ1) is 21.3. The van der Waals surface area contributed by atoms with Crippen LogP contribution in [0.25, 0.3) is 0 Å².